The van der Waals surface area contributed by atoms with Crippen LogP contribution in [0.5, 0.6) is 0 Å². The van der Waals surface area contributed by atoms with Gasteiger partial charge in [0.1, 0.15) is 0 Å². The topological polar surface area (TPSA) is 47.2 Å². The van der Waals surface area contributed by atoms with E-state index >= 15 is 0 Å². The van der Waals surface area contributed by atoms with E-state index in [0.29, 0.717) is 0 Å². The summed E-state index contributed by atoms with van der Waals surface area (Å²) in [6, 6.07) is 6.05. The first kappa shape index (κ1) is 9.31. The van der Waals surface area contributed by atoms with Crippen LogP contribution in [0.3, 0.4) is 0 Å². The summed E-state index contributed by atoms with van der Waals surface area (Å²) < 4.78 is 1.97. The maximum atomic E-state index is 10.4. The minimum atomic E-state index is -0.291. The summed E-state index contributed by atoms with van der Waals surface area (Å²) in [7, 11) is 1.96. The smallest absolute Gasteiger partial charge is 0.235 e. The van der Waals surface area contributed by atoms with Gasteiger partial charge in [-0.3, -0.25) is 0 Å². The first-order chi connectivity index (χ1) is 7.75. The average Bonchev–Trinajstić information content (AvgIpc) is 2.99. The van der Waals surface area contributed by atoms with Crippen LogP contribution in [-0.4, -0.2) is 15.6 Å². The summed E-state index contributed by atoms with van der Waals surface area (Å²) in [6.45, 7) is 0. The number of imidazole rings is 1. The molecule has 0 unspecified atom stereocenters. The van der Waals surface area contributed by atoms with Crippen LogP contribution in [0.1, 0.15) is 18.4 Å². The Labute approximate surface area is 92.6 Å². The van der Waals surface area contributed by atoms with E-state index in [2.05, 4.69) is 16.0 Å². The van der Waals surface area contributed by atoms with Gasteiger partial charge >= 0.3 is 0 Å². The highest BCUT2D eigenvalue weighted by molar-refractivity contribution is 5.76. The Balaban J connectivity index is 2.18. The van der Waals surface area contributed by atoms with Crippen LogP contribution < -0.4 is 0 Å². The second kappa shape index (κ2) is 3.03. The number of hydrogen-bond donors (Lipinski definition) is 0. The molecule has 0 saturated heterocycles. The van der Waals surface area contributed by atoms with Crippen molar-refractivity contribution in [3.8, 4) is 0 Å². The molecular formula is C12H11N3O. The third-order valence-electron chi connectivity index (χ3n) is 3.25. The van der Waals surface area contributed by atoms with Gasteiger partial charge in [-0.25, -0.2) is 9.78 Å². The van der Waals surface area contributed by atoms with Crippen molar-refractivity contribution in [1.29, 1.82) is 0 Å². The molecule has 2 aromatic rings. The van der Waals surface area contributed by atoms with Crippen molar-refractivity contribution in [2.75, 3.05) is 0 Å². The zero-order valence-corrected chi connectivity index (χ0v) is 8.97. The van der Waals surface area contributed by atoms with E-state index in [1.807, 2.05) is 23.7 Å². The molecule has 1 aromatic heterocycles. The van der Waals surface area contributed by atoms with Gasteiger partial charge in [0.25, 0.3) is 0 Å². The standard InChI is InChI=1S/C12H11N3O/c1-15-7-13-10-3-2-9(6-11(10)15)12(4-5-12)14-8-16/h2-3,6-7H,4-5H2,1H3. The molecule has 0 amide bonds. The lowest BCUT2D eigenvalue weighted by Crippen LogP contribution is -2.02. The molecule has 0 aliphatic heterocycles. The molecule has 0 bridgehead atoms. The van der Waals surface area contributed by atoms with E-state index in [-0.39, 0.29) is 5.54 Å². The Morgan fingerprint density at radius 2 is 2.31 bits per heavy atom. The van der Waals surface area contributed by atoms with E-state index in [1.54, 1.807) is 12.4 Å². The van der Waals surface area contributed by atoms with Crippen molar-refractivity contribution >= 4 is 17.1 Å². The number of nitrogens with zero attached hydrogens (tertiary/aromatic N) is 3. The molecule has 1 aliphatic rings. The van der Waals surface area contributed by atoms with Crippen LogP contribution in [0.25, 0.3) is 11.0 Å². The summed E-state index contributed by atoms with van der Waals surface area (Å²) in [5, 5.41) is 0. The maximum Gasteiger partial charge on any atom is 0.235 e. The molecule has 0 atom stereocenters. The molecule has 80 valence electrons. The maximum absolute atomic E-state index is 10.4. The van der Waals surface area contributed by atoms with Gasteiger partial charge in [-0.05, 0) is 30.5 Å². The zero-order valence-electron chi connectivity index (χ0n) is 8.97. The second-order valence-corrected chi connectivity index (χ2v) is 4.29. The van der Waals surface area contributed by atoms with Crippen molar-refractivity contribution in [3.63, 3.8) is 0 Å². The molecule has 16 heavy (non-hydrogen) atoms. The van der Waals surface area contributed by atoms with Crippen LogP contribution >= 0.6 is 0 Å². The molecule has 4 heteroatoms. The van der Waals surface area contributed by atoms with E-state index in [0.717, 1.165) is 29.4 Å². The lowest BCUT2D eigenvalue weighted by Gasteiger charge is -2.08. The highest BCUT2D eigenvalue weighted by Gasteiger charge is 2.44. The van der Waals surface area contributed by atoms with Gasteiger partial charge in [0.2, 0.25) is 6.08 Å². The highest BCUT2D eigenvalue weighted by atomic mass is 16.1. The fourth-order valence-corrected chi connectivity index (χ4v) is 2.09. The molecule has 1 saturated carbocycles. The first-order valence-corrected chi connectivity index (χ1v) is 5.26. The zero-order chi connectivity index (χ0) is 11.2. The monoisotopic (exact) mass is 213 g/mol. The Morgan fingerprint density at radius 3 is 3.00 bits per heavy atom. The predicted octanol–water partition coefficient (Wildman–Crippen LogP) is 1.90. The molecule has 0 spiro atoms. The fraction of sp³-hybridized carbons (Fsp3) is 0.333. The van der Waals surface area contributed by atoms with Crippen LogP contribution in [0, 0.1) is 0 Å². The van der Waals surface area contributed by atoms with Gasteiger partial charge in [-0.1, -0.05) is 6.07 Å². The third kappa shape index (κ3) is 1.20. The van der Waals surface area contributed by atoms with Gasteiger partial charge in [-0.2, -0.15) is 4.99 Å². The number of hydrogen-bond acceptors (Lipinski definition) is 3. The SMILES string of the molecule is Cn1cnc2ccc(C3(N=C=O)CC3)cc21. The summed E-state index contributed by atoms with van der Waals surface area (Å²) in [5.41, 5.74) is 2.84. The van der Waals surface area contributed by atoms with Crippen LogP contribution in [0.4, 0.5) is 0 Å². The van der Waals surface area contributed by atoms with Crippen molar-refractivity contribution in [1.82, 2.24) is 9.55 Å². The van der Waals surface area contributed by atoms with Crippen LogP contribution in [-0.2, 0) is 17.4 Å². The first-order valence-electron chi connectivity index (χ1n) is 5.26. The second-order valence-electron chi connectivity index (χ2n) is 4.29. The van der Waals surface area contributed by atoms with Crippen LogP contribution in [0.2, 0.25) is 0 Å². The quantitative estimate of drug-likeness (QED) is 0.565. The molecule has 1 aliphatic carbocycles. The number of aliphatic imine (C=N–C) groups is 1. The number of aromatic nitrogens is 2. The van der Waals surface area contributed by atoms with Crippen molar-refractivity contribution in [2.24, 2.45) is 12.0 Å². The molecule has 0 radical (unpaired) electrons. The number of aryl methyl sites for hydroxylation is 1. The Bertz CT molecular complexity index is 604. The Hall–Kier alpha value is -1.93. The fourth-order valence-electron chi connectivity index (χ4n) is 2.09. The van der Waals surface area contributed by atoms with E-state index in [9.17, 15) is 4.79 Å². The minimum absolute atomic E-state index is 0.291. The number of rotatable bonds is 2. The Morgan fingerprint density at radius 1 is 1.50 bits per heavy atom. The van der Waals surface area contributed by atoms with Gasteiger partial charge in [0, 0.05) is 7.05 Å². The molecule has 1 heterocycles. The molecule has 3 rings (SSSR count). The summed E-state index contributed by atoms with van der Waals surface area (Å²) >= 11 is 0. The van der Waals surface area contributed by atoms with Gasteiger partial charge < -0.3 is 4.57 Å². The number of fused-ring (bicyclic) bond motifs is 1. The van der Waals surface area contributed by atoms with E-state index in [4.69, 9.17) is 0 Å². The summed E-state index contributed by atoms with van der Waals surface area (Å²) in [5.74, 6) is 0. The normalized spacial score (nSPS) is 17.1. The molecule has 0 N–H and O–H groups in total. The predicted molar refractivity (Wildman–Crippen MR) is 59.7 cm³/mol. The molecular weight excluding hydrogens is 202 g/mol. The summed E-state index contributed by atoms with van der Waals surface area (Å²) in [6.07, 6.45) is 5.34. The Kier molecular flexibility index (Phi) is 1.76. The molecule has 1 aromatic carbocycles. The largest absolute Gasteiger partial charge is 0.334 e. The number of carbonyl (C=O) groups excluding carboxylic acids is 1. The average molecular weight is 213 g/mol. The van der Waals surface area contributed by atoms with E-state index < -0.39 is 0 Å². The lowest BCUT2D eigenvalue weighted by molar-refractivity contribution is 0.556. The molecule has 4 nitrogen and oxygen atoms in total. The van der Waals surface area contributed by atoms with Crippen molar-refractivity contribution < 1.29 is 4.79 Å². The van der Waals surface area contributed by atoms with Crippen LogP contribution in [0.15, 0.2) is 29.5 Å². The number of isocyanates is 1. The number of benzene rings is 1. The van der Waals surface area contributed by atoms with Crippen molar-refractivity contribution in [3.05, 3.63) is 30.1 Å². The third-order valence-corrected chi connectivity index (χ3v) is 3.25. The van der Waals surface area contributed by atoms with Gasteiger partial charge in [0.15, 0.2) is 0 Å². The van der Waals surface area contributed by atoms with E-state index in [1.165, 1.54) is 0 Å². The lowest BCUT2D eigenvalue weighted by atomic mass is 10.1. The minimum Gasteiger partial charge on any atom is -0.334 e. The summed E-state index contributed by atoms with van der Waals surface area (Å²) in [4.78, 5) is 18.6. The van der Waals surface area contributed by atoms with Gasteiger partial charge in [-0.15, -0.1) is 0 Å². The van der Waals surface area contributed by atoms with Crippen molar-refractivity contribution in [2.45, 2.75) is 18.4 Å². The highest BCUT2D eigenvalue weighted by Crippen LogP contribution is 2.49. The van der Waals surface area contributed by atoms with Gasteiger partial charge in [0.05, 0.1) is 22.9 Å². The molecule has 1 fully saturated rings.